The number of carbonyl (C=O) groups is 2. The third-order valence-corrected chi connectivity index (χ3v) is 4.35. The molecule has 2 aromatic rings. The average molecular weight is 409 g/mol. The number of fused-ring (bicyclic) bond motifs is 1. The molecule has 142 valence electrons. The summed E-state index contributed by atoms with van der Waals surface area (Å²) in [5.74, 6) is -0.824. The summed E-state index contributed by atoms with van der Waals surface area (Å²) < 4.78 is 7.02. The molecule has 0 spiro atoms. The number of aryl methyl sites for hydroxylation is 1. The number of esters is 1. The van der Waals surface area contributed by atoms with Crippen LogP contribution in [-0.2, 0) is 22.7 Å². The number of carbonyl (C=O) groups excluding carboxylic acids is 2. The van der Waals surface area contributed by atoms with E-state index in [-0.39, 0.29) is 18.2 Å². The van der Waals surface area contributed by atoms with Crippen LogP contribution in [0.3, 0.4) is 0 Å². The van der Waals surface area contributed by atoms with Gasteiger partial charge >= 0.3 is 5.97 Å². The van der Waals surface area contributed by atoms with Crippen LogP contribution in [0.2, 0.25) is 10.0 Å². The summed E-state index contributed by atoms with van der Waals surface area (Å²) in [6.45, 7) is 2.87. The molecule has 2 heterocycles. The molecular weight excluding hydrogens is 391 g/mol. The molecule has 1 aromatic heterocycles. The molecule has 0 radical (unpaired) electrons. The number of aliphatic imine (C=N–C) groups is 1. The maximum absolute atomic E-state index is 12.6. The first-order valence-electron chi connectivity index (χ1n) is 8.47. The Balaban J connectivity index is 1.77. The van der Waals surface area contributed by atoms with Crippen LogP contribution in [0.4, 0.5) is 0 Å². The Kier molecular flexibility index (Phi) is 6.13. The Hall–Kier alpha value is -2.38. The van der Waals surface area contributed by atoms with Gasteiger partial charge in [-0.15, -0.1) is 0 Å². The lowest BCUT2D eigenvalue weighted by Gasteiger charge is -2.12. The third-order valence-electron chi connectivity index (χ3n) is 3.91. The van der Waals surface area contributed by atoms with E-state index >= 15 is 0 Å². The van der Waals surface area contributed by atoms with Gasteiger partial charge in [0, 0.05) is 35.8 Å². The van der Waals surface area contributed by atoms with Gasteiger partial charge < -0.3 is 10.1 Å². The highest BCUT2D eigenvalue weighted by atomic mass is 35.5. The second kappa shape index (κ2) is 8.54. The number of halogens is 2. The van der Waals surface area contributed by atoms with Gasteiger partial charge in [0.2, 0.25) is 0 Å². The second-order valence-corrected chi connectivity index (χ2v) is 6.82. The first-order chi connectivity index (χ1) is 13.0. The zero-order valence-corrected chi connectivity index (χ0v) is 16.1. The molecule has 1 atom stereocenters. The predicted octanol–water partition coefficient (Wildman–Crippen LogP) is 3.20. The first-order valence-corrected chi connectivity index (χ1v) is 9.22. The van der Waals surface area contributed by atoms with Crippen LogP contribution in [0.1, 0.15) is 41.1 Å². The summed E-state index contributed by atoms with van der Waals surface area (Å²) in [5, 5.41) is 7.91. The van der Waals surface area contributed by atoms with Crippen LogP contribution in [0.5, 0.6) is 0 Å². The van der Waals surface area contributed by atoms with Gasteiger partial charge in [0.15, 0.2) is 11.7 Å². The molecular formula is C18H18Cl2N4O3. The van der Waals surface area contributed by atoms with Crippen LogP contribution in [-0.4, -0.2) is 34.4 Å². The van der Waals surface area contributed by atoms with Gasteiger partial charge in [-0.05, 0) is 36.8 Å². The smallest absolute Gasteiger partial charge is 0.337 e. The Morgan fingerprint density at radius 1 is 1.26 bits per heavy atom. The fourth-order valence-corrected chi connectivity index (χ4v) is 3.31. The van der Waals surface area contributed by atoms with Gasteiger partial charge in [-0.3, -0.25) is 14.5 Å². The Morgan fingerprint density at radius 3 is 2.70 bits per heavy atom. The van der Waals surface area contributed by atoms with E-state index in [0.29, 0.717) is 40.8 Å². The van der Waals surface area contributed by atoms with Gasteiger partial charge in [-0.2, -0.15) is 5.10 Å². The monoisotopic (exact) mass is 408 g/mol. The normalized spacial score (nSPS) is 15.7. The number of nitrogens with one attached hydrogen (secondary N) is 1. The van der Waals surface area contributed by atoms with Crippen LogP contribution in [0.15, 0.2) is 29.3 Å². The minimum atomic E-state index is -0.877. The van der Waals surface area contributed by atoms with Crippen molar-refractivity contribution in [2.45, 2.75) is 32.5 Å². The highest BCUT2D eigenvalue weighted by Crippen LogP contribution is 2.24. The number of hydrogen-bond donors (Lipinski definition) is 1. The van der Waals surface area contributed by atoms with E-state index in [0.717, 1.165) is 0 Å². The summed E-state index contributed by atoms with van der Waals surface area (Å²) in [4.78, 5) is 28.9. The molecule has 1 aliphatic rings. The third kappa shape index (κ3) is 4.67. The maximum Gasteiger partial charge on any atom is 0.337 e. The summed E-state index contributed by atoms with van der Waals surface area (Å²) in [6, 6.07) is 5.66. The summed E-state index contributed by atoms with van der Waals surface area (Å²) in [7, 11) is 0. The maximum atomic E-state index is 12.6. The largest absolute Gasteiger partial charge is 0.459 e. The van der Waals surface area contributed by atoms with Gasteiger partial charge in [-0.25, -0.2) is 4.79 Å². The molecule has 3 rings (SSSR count). The Labute approximate surface area is 166 Å². The number of amides is 1. The van der Waals surface area contributed by atoms with E-state index in [4.69, 9.17) is 27.9 Å². The molecule has 27 heavy (non-hydrogen) atoms. The molecule has 1 amide bonds. The Bertz CT molecular complexity index is 874. The summed E-state index contributed by atoms with van der Waals surface area (Å²) in [5.41, 5.74) is 1.46. The number of ether oxygens (including phenoxy) is 1. The van der Waals surface area contributed by atoms with E-state index in [1.54, 1.807) is 35.2 Å². The van der Waals surface area contributed by atoms with Crippen molar-refractivity contribution in [3.05, 3.63) is 51.3 Å². The van der Waals surface area contributed by atoms with Crippen molar-refractivity contribution >= 4 is 41.3 Å². The predicted molar refractivity (Wildman–Crippen MR) is 102 cm³/mol. The lowest BCUT2D eigenvalue weighted by Crippen LogP contribution is -2.23. The molecule has 9 heteroatoms. The molecule has 1 aromatic carbocycles. The lowest BCUT2D eigenvalue weighted by atomic mass is 10.2. The van der Waals surface area contributed by atoms with Crippen molar-refractivity contribution in [3.63, 3.8) is 0 Å². The molecule has 0 fully saturated rings. The zero-order chi connectivity index (χ0) is 19.4. The molecule has 0 bridgehead atoms. The quantitative estimate of drug-likeness (QED) is 0.769. The van der Waals surface area contributed by atoms with Crippen LogP contribution in [0, 0.1) is 0 Å². The number of aromatic nitrogens is 2. The highest BCUT2D eigenvalue weighted by Gasteiger charge is 2.28. The molecule has 1 N–H and O–H groups in total. The number of rotatable bonds is 5. The van der Waals surface area contributed by atoms with Crippen LogP contribution < -0.4 is 5.32 Å². The summed E-state index contributed by atoms with van der Waals surface area (Å²) in [6.07, 6.45) is 2.28. The lowest BCUT2D eigenvalue weighted by molar-refractivity contribution is -0.146. The minimum Gasteiger partial charge on any atom is -0.459 e. The van der Waals surface area contributed by atoms with Crippen molar-refractivity contribution in [2.24, 2.45) is 4.99 Å². The van der Waals surface area contributed by atoms with Gasteiger partial charge in [-0.1, -0.05) is 23.2 Å². The van der Waals surface area contributed by atoms with E-state index in [1.807, 2.05) is 6.92 Å². The van der Waals surface area contributed by atoms with Gasteiger partial charge in [0.1, 0.15) is 6.61 Å². The van der Waals surface area contributed by atoms with Crippen molar-refractivity contribution in [3.8, 4) is 0 Å². The standard InChI is InChI=1S/C18H18Cl2N4O3/c1-2-21-17(25)14-9-15-16(22-4-3-5-24(15)23-14)18(26)27-10-11-6-12(19)8-13(20)7-11/h4,6-9,16H,2-3,5,10H2,1H3,(H,21,25). The van der Waals surface area contributed by atoms with Gasteiger partial charge in [0.25, 0.3) is 5.91 Å². The van der Waals surface area contributed by atoms with Crippen molar-refractivity contribution in [1.82, 2.24) is 15.1 Å². The minimum absolute atomic E-state index is 0.0163. The topological polar surface area (TPSA) is 85.6 Å². The fraction of sp³-hybridized carbons (Fsp3) is 0.333. The Morgan fingerprint density at radius 2 is 2.00 bits per heavy atom. The van der Waals surface area contributed by atoms with Crippen LogP contribution >= 0.6 is 23.2 Å². The molecule has 0 saturated heterocycles. The SMILES string of the molecule is CCNC(=O)c1cc2n(n1)CCC=NC2C(=O)OCc1cc(Cl)cc(Cl)c1. The molecule has 1 aliphatic heterocycles. The van der Waals surface area contributed by atoms with E-state index in [9.17, 15) is 9.59 Å². The van der Waals surface area contributed by atoms with Gasteiger partial charge in [0.05, 0.1) is 5.69 Å². The van der Waals surface area contributed by atoms with E-state index in [2.05, 4.69) is 15.4 Å². The van der Waals surface area contributed by atoms with E-state index < -0.39 is 12.0 Å². The number of benzene rings is 1. The first kappa shape index (κ1) is 19.4. The molecule has 0 aliphatic carbocycles. The van der Waals surface area contributed by atoms with Crippen molar-refractivity contribution < 1.29 is 14.3 Å². The van der Waals surface area contributed by atoms with Crippen molar-refractivity contribution in [2.75, 3.05) is 6.54 Å². The molecule has 1 unspecified atom stereocenters. The highest BCUT2D eigenvalue weighted by molar-refractivity contribution is 6.34. The molecule has 7 nitrogen and oxygen atoms in total. The fourth-order valence-electron chi connectivity index (χ4n) is 2.74. The number of hydrogen-bond acceptors (Lipinski definition) is 5. The second-order valence-electron chi connectivity index (χ2n) is 5.95. The average Bonchev–Trinajstić information content (AvgIpc) is 2.93. The number of nitrogens with zero attached hydrogens (tertiary/aromatic N) is 3. The van der Waals surface area contributed by atoms with E-state index in [1.165, 1.54) is 0 Å². The van der Waals surface area contributed by atoms with Crippen LogP contribution in [0.25, 0.3) is 0 Å². The summed E-state index contributed by atoms with van der Waals surface area (Å²) >= 11 is 11.9. The zero-order valence-electron chi connectivity index (χ0n) is 14.6. The van der Waals surface area contributed by atoms with Crippen molar-refractivity contribution in [1.29, 1.82) is 0 Å². The molecule has 0 saturated carbocycles.